The lowest BCUT2D eigenvalue weighted by Gasteiger charge is -2.36. The molecule has 1 fully saturated rings. The van der Waals surface area contributed by atoms with Gasteiger partial charge in [-0.25, -0.2) is 0 Å². The Morgan fingerprint density at radius 2 is 1.74 bits per heavy atom. The molecule has 0 saturated carbocycles. The number of hydrogen-bond acceptors (Lipinski definition) is 4. The monoisotopic (exact) mass is 459 g/mol. The van der Waals surface area contributed by atoms with Crippen molar-refractivity contribution in [3.8, 4) is 0 Å². The number of carbonyl (C=O) groups excluding carboxylic acids is 2. The number of nitrogens with zero attached hydrogens (tertiary/aromatic N) is 2. The largest absolute Gasteiger partial charge is 0.340 e. The first-order chi connectivity index (χ1) is 15.0. The van der Waals surface area contributed by atoms with E-state index in [2.05, 4.69) is 41.4 Å². The molecule has 1 saturated heterocycles. The normalized spacial score (nSPS) is 15.5. The fourth-order valence-corrected chi connectivity index (χ4v) is 4.44. The zero-order chi connectivity index (χ0) is 22.2. The third-order valence-corrected chi connectivity index (χ3v) is 6.65. The lowest BCUT2D eigenvalue weighted by atomic mass is 10.1. The molecule has 166 valence electrons. The van der Waals surface area contributed by atoms with Crippen LogP contribution >= 0.6 is 23.4 Å². The smallest absolute Gasteiger partial charge is 0.253 e. The highest BCUT2D eigenvalue weighted by Gasteiger charge is 2.29. The number of aryl methyl sites for hydroxylation is 1. The van der Waals surface area contributed by atoms with Crippen molar-refractivity contribution in [2.24, 2.45) is 0 Å². The van der Waals surface area contributed by atoms with Gasteiger partial charge >= 0.3 is 0 Å². The van der Waals surface area contributed by atoms with E-state index in [-0.39, 0.29) is 11.8 Å². The predicted octanol–water partition coefficient (Wildman–Crippen LogP) is 3.84. The van der Waals surface area contributed by atoms with Crippen LogP contribution in [0.25, 0.3) is 0 Å². The van der Waals surface area contributed by atoms with Gasteiger partial charge in [0.2, 0.25) is 5.91 Å². The average molecular weight is 460 g/mol. The number of nitrogens with one attached hydrogen (secondary N) is 1. The van der Waals surface area contributed by atoms with Gasteiger partial charge in [0.25, 0.3) is 5.91 Å². The fraction of sp³-hybridized carbons (Fsp3) is 0.417. The van der Waals surface area contributed by atoms with E-state index in [0.29, 0.717) is 30.1 Å². The Kier molecular flexibility index (Phi) is 8.81. The number of benzene rings is 2. The first kappa shape index (κ1) is 23.6. The molecular weight excluding hydrogens is 430 g/mol. The Balaban J connectivity index is 1.59. The maximum Gasteiger partial charge on any atom is 0.253 e. The lowest BCUT2D eigenvalue weighted by molar-refractivity contribution is -0.135. The molecule has 0 bridgehead atoms. The molecule has 0 aromatic heterocycles. The van der Waals surface area contributed by atoms with E-state index in [0.717, 1.165) is 25.4 Å². The predicted molar refractivity (Wildman–Crippen MR) is 129 cm³/mol. The zero-order valence-electron chi connectivity index (χ0n) is 18.1. The van der Waals surface area contributed by atoms with Crippen molar-refractivity contribution < 1.29 is 9.59 Å². The summed E-state index contributed by atoms with van der Waals surface area (Å²) in [6.45, 7) is 6.02. The van der Waals surface area contributed by atoms with Gasteiger partial charge in [0, 0.05) is 32.7 Å². The first-order valence-corrected chi connectivity index (χ1v) is 12.4. The summed E-state index contributed by atoms with van der Waals surface area (Å²) >= 11 is 7.83. The molecule has 0 radical (unpaired) electrons. The van der Waals surface area contributed by atoms with Crippen LogP contribution in [0.4, 0.5) is 0 Å². The summed E-state index contributed by atoms with van der Waals surface area (Å²) in [4.78, 5) is 30.2. The molecule has 1 atom stereocenters. The molecule has 2 amide bonds. The number of thioether (sulfide) groups is 1. The number of hydrogen-bond donors (Lipinski definition) is 1. The van der Waals surface area contributed by atoms with Crippen LogP contribution in [0.5, 0.6) is 0 Å². The summed E-state index contributed by atoms with van der Waals surface area (Å²) in [5.74, 6) is 0.486. The number of carbonyl (C=O) groups is 2. The van der Waals surface area contributed by atoms with Crippen LogP contribution in [0.15, 0.2) is 48.5 Å². The van der Waals surface area contributed by atoms with E-state index in [1.165, 1.54) is 11.1 Å². The molecule has 1 aliphatic rings. The van der Waals surface area contributed by atoms with Gasteiger partial charge in [0.1, 0.15) is 6.04 Å². The number of rotatable bonds is 8. The third-order valence-electron chi connectivity index (χ3n) is 5.67. The zero-order valence-corrected chi connectivity index (χ0v) is 19.7. The minimum absolute atomic E-state index is 0.00926. The van der Waals surface area contributed by atoms with Crippen molar-refractivity contribution in [1.29, 1.82) is 0 Å². The highest BCUT2D eigenvalue weighted by Crippen LogP contribution is 2.17. The molecule has 0 aliphatic carbocycles. The SMILES string of the molecule is CSCCC(NC(=O)c1ccccc1Cl)C(=O)N1CCN(Cc2ccccc2C)CC1. The van der Waals surface area contributed by atoms with Crippen molar-refractivity contribution in [2.45, 2.75) is 25.9 Å². The Morgan fingerprint density at radius 3 is 2.42 bits per heavy atom. The second-order valence-corrected chi connectivity index (χ2v) is 9.21. The second kappa shape index (κ2) is 11.6. The summed E-state index contributed by atoms with van der Waals surface area (Å²) in [6, 6.07) is 14.8. The Morgan fingerprint density at radius 1 is 1.06 bits per heavy atom. The standard InChI is InChI=1S/C24H30ClN3O2S/c1-18-7-3-4-8-19(18)17-27-12-14-28(15-13-27)24(30)22(11-16-31-2)26-23(29)20-9-5-6-10-21(20)25/h3-10,22H,11-17H2,1-2H3,(H,26,29). The molecule has 2 aromatic carbocycles. The number of piperazine rings is 1. The third kappa shape index (κ3) is 6.48. The highest BCUT2D eigenvalue weighted by molar-refractivity contribution is 7.98. The molecular formula is C24H30ClN3O2S. The van der Waals surface area contributed by atoms with Gasteiger partial charge in [0.05, 0.1) is 10.6 Å². The quantitative estimate of drug-likeness (QED) is 0.651. The van der Waals surface area contributed by atoms with E-state index in [4.69, 9.17) is 11.6 Å². The maximum absolute atomic E-state index is 13.2. The maximum atomic E-state index is 13.2. The van der Waals surface area contributed by atoms with E-state index in [9.17, 15) is 9.59 Å². The van der Waals surface area contributed by atoms with Crippen molar-refractivity contribution in [2.75, 3.05) is 38.2 Å². The topological polar surface area (TPSA) is 52.7 Å². The highest BCUT2D eigenvalue weighted by atomic mass is 35.5. The first-order valence-electron chi connectivity index (χ1n) is 10.6. The summed E-state index contributed by atoms with van der Waals surface area (Å²) in [7, 11) is 0. The summed E-state index contributed by atoms with van der Waals surface area (Å²) in [5, 5.41) is 3.31. The van der Waals surface area contributed by atoms with Crippen LogP contribution in [0.1, 0.15) is 27.9 Å². The summed E-state index contributed by atoms with van der Waals surface area (Å²) in [6.07, 6.45) is 2.60. The van der Waals surface area contributed by atoms with Crippen molar-refractivity contribution in [1.82, 2.24) is 15.1 Å². The van der Waals surface area contributed by atoms with Crippen LogP contribution in [-0.2, 0) is 11.3 Å². The molecule has 1 aliphatic heterocycles. The summed E-state index contributed by atoms with van der Waals surface area (Å²) < 4.78 is 0. The Labute approximate surface area is 194 Å². The van der Waals surface area contributed by atoms with E-state index in [1.807, 2.05) is 11.2 Å². The van der Waals surface area contributed by atoms with Crippen LogP contribution in [0, 0.1) is 6.92 Å². The van der Waals surface area contributed by atoms with Gasteiger partial charge < -0.3 is 10.2 Å². The Hall–Kier alpha value is -2.02. The van der Waals surface area contributed by atoms with Crippen LogP contribution in [-0.4, -0.2) is 65.8 Å². The molecule has 5 nitrogen and oxygen atoms in total. The van der Waals surface area contributed by atoms with E-state index >= 15 is 0 Å². The summed E-state index contributed by atoms with van der Waals surface area (Å²) in [5.41, 5.74) is 3.02. The van der Waals surface area contributed by atoms with E-state index in [1.54, 1.807) is 36.0 Å². The Bertz CT molecular complexity index is 900. The number of amides is 2. The van der Waals surface area contributed by atoms with E-state index < -0.39 is 6.04 Å². The molecule has 3 rings (SSSR count). The van der Waals surface area contributed by atoms with Crippen LogP contribution < -0.4 is 5.32 Å². The number of halogens is 1. The fourth-order valence-electron chi connectivity index (χ4n) is 3.75. The molecule has 2 aromatic rings. The van der Waals surface area contributed by atoms with Gasteiger partial charge in [-0.2, -0.15) is 11.8 Å². The van der Waals surface area contributed by atoms with Crippen molar-refractivity contribution >= 4 is 35.2 Å². The lowest BCUT2D eigenvalue weighted by Crippen LogP contribution is -2.55. The molecule has 1 unspecified atom stereocenters. The molecule has 7 heteroatoms. The molecule has 1 heterocycles. The molecule has 0 spiro atoms. The van der Waals surface area contributed by atoms with Gasteiger partial charge in [-0.05, 0) is 48.6 Å². The minimum Gasteiger partial charge on any atom is -0.340 e. The minimum atomic E-state index is -0.542. The molecule has 31 heavy (non-hydrogen) atoms. The van der Waals surface area contributed by atoms with Crippen molar-refractivity contribution in [3.63, 3.8) is 0 Å². The van der Waals surface area contributed by atoms with Crippen LogP contribution in [0.2, 0.25) is 5.02 Å². The van der Waals surface area contributed by atoms with Gasteiger partial charge in [-0.3, -0.25) is 14.5 Å². The van der Waals surface area contributed by atoms with Crippen LogP contribution in [0.3, 0.4) is 0 Å². The van der Waals surface area contributed by atoms with Crippen molar-refractivity contribution in [3.05, 3.63) is 70.2 Å². The van der Waals surface area contributed by atoms with Gasteiger partial charge in [-0.15, -0.1) is 0 Å². The van der Waals surface area contributed by atoms with Gasteiger partial charge in [-0.1, -0.05) is 48.0 Å². The molecule has 1 N–H and O–H groups in total. The second-order valence-electron chi connectivity index (χ2n) is 7.82. The average Bonchev–Trinajstić information content (AvgIpc) is 2.78. The van der Waals surface area contributed by atoms with Gasteiger partial charge in [0.15, 0.2) is 0 Å².